The van der Waals surface area contributed by atoms with Crippen molar-refractivity contribution >= 4 is 5.84 Å². The molecule has 0 bridgehead atoms. The maximum absolute atomic E-state index is 7.47. The molecule has 0 aromatic heterocycles. The largest absolute Gasteiger partial charge is 0.489 e. The Bertz CT molecular complexity index is 647. The van der Waals surface area contributed by atoms with Gasteiger partial charge in [0.25, 0.3) is 0 Å². The zero-order chi connectivity index (χ0) is 15.4. The summed E-state index contributed by atoms with van der Waals surface area (Å²) in [6.07, 6.45) is 0. The fraction of sp³-hybridized carbons (Fsp3) is 0.278. The minimum Gasteiger partial charge on any atom is -0.489 e. The summed E-state index contributed by atoms with van der Waals surface area (Å²) in [6, 6.07) is 13.9. The minimum absolute atomic E-state index is 0.0786. The fourth-order valence-corrected chi connectivity index (χ4v) is 2.12. The highest BCUT2D eigenvalue weighted by atomic mass is 16.5. The SMILES string of the molecule is Cc1ccc(C(C)C)cc1OCc1cccc(C(=N)N)c1. The van der Waals surface area contributed by atoms with E-state index < -0.39 is 0 Å². The van der Waals surface area contributed by atoms with Crippen LogP contribution in [0, 0.1) is 12.3 Å². The maximum Gasteiger partial charge on any atom is 0.122 e. The zero-order valence-electron chi connectivity index (χ0n) is 12.8. The number of aryl methyl sites for hydroxylation is 1. The van der Waals surface area contributed by atoms with Gasteiger partial charge in [-0.1, -0.05) is 44.2 Å². The normalized spacial score (nSPS) is 10.7. The molecule has 0 saturated carbocycles. The van der Waals surface area contributed by atoms with Crippen molar-refractivity contribution in [2.45, 2.75) is 33.3 Å². The van der Waals surface area contributed by atoms with E-state index in [2.05, 4.69) is 32.0 Å². The van der Waals surface area contributed by atoms with Crippen LogP contribution in [-0.2, 0) is 6.61 Å². The van der Waals surface area contributed by atoms with Gasteiger partial charge in [0.1, 0.15) is 18.2 Å². The van der Waals surface area contributed by atoms with Gasteiger partial charge in [-0.15, -0.1) is 0 Å². The highest BCUT2D eigenvalue weighted by molar-refractivity contribution is 5.95. The van der Waals surface area contributed by atoms with Crippen LogP contribution in [0.2, 0.25) is 0 Å². The molecule has 0 heterocycles. The smallest absolute Gasteiger partial charge is 0.122 e. The van der Waals surface area contributed by atoms with Crippen LogP contribution in [0.25, 0.3) is 0 Å². The van der Waals surface area contributed by atoms with E-state index in [0.29, 0.717) is 12.5 Å². The quantitative estimate of drug-likeness (QED) is 0.643. The summed E-state index contributed by atoms with van der Waals surface area (Å²) in [5.74, 6) is 1.47. The second kappa shape index (κ2) is 6.44. The number of nitrogen functional groups attached to an aromatic ring is 1. The van der Waals surface area contributed by atoms with Crippen molar-refractivity contribution in [2.75, 3.05) is 0 Å². The first-order chi connectivity index (χ1) is 9.97. The second-order valence-corrected chi connectivity index (χ2v) is 5.58. The predicted octanol–water partition coefficient (Wildman–Crippen LogP) is 3.98. The first-order valence-electron chi connectivity index (χ1n) is 7.14. The summed E-state index contributed by atoms with van der Waals surface area (Å²) in [5, 5.41) is 7.47. The van der Waals surface area contributed by atoms with E-state index in [9.17, 15) is 0 Å². The molecule has 21 heavy (non-hydrogen) atoms. The lowest BCUT2D eigenvalue weighted by Gasteiger charge is -2.13. The third-order valence-electron chi connectivity index (χ3n) is 3.51. The van der Waals surface area contributed by atoms with E-state index in [1.54, 1.807) is 0 Å². The summed E-state index contributed by atoms with van der Waals surface area (Å²) in [5.41, 5.74) is 9.64. The molecule has 110 valence electrons. The van der Waals surface area contributed by atoms with Crippen molar-refractivity contribution in [3.05, 3.63) is 64.7 Å². The van der Waals surface area contributed by atoms with Gasteiger partial charge in [-0.3, -0.25) is 5.41 Å². The first-order valence-corrected chi connectivity index (χ1v) is 7.14. The van der Waals surface area contributed by atoms with Gasteiger partial charge < -0.3 is 10.5 Å². The molecule has 0 radical (unpaired) electrons. The average Bonchev–Trinajstić information content (AvgIpc) is 2.46. The Kier molecular flexibility index (Phi) is 4.63. The molecule has 0 aliphatic carbocycles. The van der Waals surface area contributed by atoms with E-state index in [1.165, 1.54) is 5.56 Å². The molecule has 3 heteroatoms. The lowest BCUT2D eigenvalue weighted by Crippen LogP contribution is -2.11. The third-order valence-corrected chi connectivity index (χ3v) is 3.51. The van der Waals surface area contributed by atoms with Crippen molar-refractivity contribution in [2.24, 2.45) is 5.73 Å². The molecule has 0 amide bonds. The number of rotatable bonds is 5. The van der Waals surface area contributed by atoms with Crippen molar-refractivity contribution in [1.29, 1.82) is 5.41 Å². The number of nitrogens with one attached hydrogen (secondary N) is 1. The molecular weight excluding hydrogens is 260 g/mol. The van der Waals surface area contributed by atoms with Gasteiger partial charge in [0.2, 0.25) is 0 Å². The molecule has 0 fully saturated rings. The molecule has 3 nitrogen and oxygen atoms in total. The van der Waals surface area contributed by atoms with Crippen molar-refractivity contribution in [3.8, 4) is 5.75 Å². The van der Waals surface area contributed by atoms with Crippen molar-refractivity contribution < 1.29 is 4.74 Å². The Morgan fingerprint density at radius 3 is 2.62 bits per heavy atom. The molecule has 2 aromatic carbocycles. The summed E-state index contributed by atoms with van der Waals surface area (Å²) in [7, 11) is 0. The van der Waals surface area contributed by atoms with Gasteiger partial charge in [0, 0.05) is 5.56 Å². The van der Waals surface area contributed by atoms with Gasteiger partial charge in [-0.25, -0.2) is 0 Å². The molecule has 0 aliphatic heterocycles. The highest BCUT2D eigenvalue weighted by Gasteiger charge is 2.06. The van der Waals surface area contributed by atoms with Crippen molar-refractivity contribution in [1.82, 2.24) is 0 Å². The topological polar surface area (TPSA) is 59.1 Å². The Balaban J connectivity index is 2.14. The maximum atomic E-state index is 7.47. The van der Waals surface area contributed by atoms with E-state index in [1.807, 2.05) is 31.2 Å². The highest BCUT2D eigenvalue weighted by Crippen LogP contribution is 2.25. The van der Waals surface area contributed by atoms with Crippen LogP contribution in [0.4, 0.5) is 0 Å². The Labute approximate surface area is 126 Å². The first kappa shape index (κ1) is 15.1. The number of amidine groups is 1. The molecule has 0 spiro atoms. The molecular formula is C18H22N2O. The van der Waals surface area contributed by atoms with Crippen molar-refractivity contribution in [3.63, 3.8) is 0 Å². The zero-order valence-corrected chi connectivity index (χ0v) is 12.8. The van der Waals surface area contributed by atoms with Crippen LogP contribution in [0.15, 0.2) is 42.5 Å². The summed E-state index contributed by atoms with van der Waals surface area (Å²) in [4.78, 5) is 0. The van der Waals surface area contributed by atoms with Crippen LogP contribution in [0.1, 0.15) is 42.0 Å². The predicted molar refractivity (Wildman–Crippen MR) is 87.1 cm³/mol. The van der Waals surface area contributed by atoms with E-state index >= 15 is 0 Å². The number of hydrogen-bond donors (Lipinski definition) is 2. The van der Waals surface area contributed by atoms with Crippen LogP contribution in [0.5, 0.6) is 5.75 Å². The van der Waals surface area contributed by atoms with Gasteiger partial charge in [0.15, 0.2) is 0 Å². The molecule has 2 aromatic rings. The average molecular weight is 282 g/mol. The Morgan fingerprint density at radius 1 is 1.19 bits per heavy atom. The molecule has 3 N–H and O–H groups in total. The molecule has 0 aliphatic rings. The number of benzene rings is 2. The molecule has 0 atom stereocenters. The minimum atomic E-state index is 0.0786. The van der Waals surface area contributed by atoms with Crippen LogP contribution in [-0.4, -0.2) is 5.84 Å². The summed E-state index contributed by atoms with van der Waals surface area (Å²) >= 11 is 0. The van der Waals surface area contributed by atoms with Crippen LogP contribution >= 0.6 is 0 Å². The molecule has 2 rings (SSSR count). The number of nitrogens with two attached hydrogens (primary N) is 1. The van der Waals surface area contributed by atoms with Gasteiger partial charge >= 0.3 is 0 Å². The van der Waals surface area contributed by atoms with Crippen LogP contribution < -0.4 is 10.5 Å². The third kappa shape index (κ3) is 3.85. The lowest BCUT2D eigenvalue weighted by molar-refractivity contribution is 0.303. The monoisotopic (exact) mass is 282 g/mol. The van der Waals surface area contributed by atoms with Gasteiger partial charge in [-0.2, -0.15) is 0 Å². The molecule has 0 unspecified atom stereocenters. The second-order valence-electron chi connectivity index (χ2n) is 5.58. The summed E-state index contributed by atoms with van der Waals surface area (Å²) < 4.78 is 5.94. The Morgan fingerprint density at radius 2 is 1.95 bits per heavy atom. The molecule has 0 saturated heterocycles. The number of hydrogen-bond acceptors (Lipinski definition) is 2. The lowest BCUT2D eigenvalue weighted by atomic mass is 10.0. The van der Waals surface area contributed by atoms with E-state index in [4.69, 9.17) is 15.9 Å². The van der Waals surface area contributed by atoms with Crippen LogP contribution in [0.3, 0.4) is 0 Å². The standard InChI is InChI=1S/C18H22N2O/c1-12(2)15-8-7-13(3)17(10-15)21-11-14-5-4-6-16(9-14)18(19)20/h4-10,12H,11H2,1-3H3,(H3,19,20). The van der Waals surface area contributed by atoms with Gasteiger partial charge in [0.05, 0.1) is 0 Å². The van der Waals surface area contributed by atoms with Gasteiger partial charge in [-0.05, 0) is 41.7 Å². The fourth-order valence-electron chi connectivity index (χ4n) is 2.12. The number of ether oxygens (including phenoxy) is 1. The Hall–Kier alpha value is -2.29. The summed E-state index contributed by atoms with van der Waals surface area (Å²) in [6.45, 7) is 6.87. The van der Waals surface area contributed by atoms with E-state index in [-0.39, 0.29) is 5.84 Å². The van der Waals surface area contributed by atoms with E-state index in [0.717, 1.165) is 22.4 Å².